The molecule has 2 aromatic rings. The molecule has 0 radical (unpaired) electrons. The number of nitrogens with one attached hydrogen (secondary N) is 1. The Morgan fingerprint density at radius 3 is 2.41 bits per heavy atom. The number of hydrogen-bond acceptors (Lipinski definition) is 5. The molecule has 27 heavy (non-hydrogen) atoms. The van der Waals surface area contributed by atoms with Crippen LogP contribution < -0.4 is 22.5 Å². The molecule has 9 nitrogen and oxygen atoms in total. The number of anilines is 1. The number of nitrogens with two attached hydrogens (primary N) is 3. The average molecular weight is 388 g/mol. The van der Waals surface area contributed by atoms with E-state index in [0.717, 1.165) is 10.4 Å². The van der Waals surface area contributed by atoms with E-state index in [1.807, 2.05) is 19.1 Å². The van der Waals surface area contributed by atoms with Crippen molar-refractivity contribution >= 4 is 35.0 Å². The molecule has 0 aliphatic carbocycles. The van der Waals surface area contributed by atoms with Crippen molar-refractivity contribution in [1.29, 1.82) is 0 Å². The quantitative estimate of drug-likeness (QED) is 0.625. The molecule has 0 bridgehead atoms. The second-order valence-corrected chi connectivity index (χ2v) is 7.32. The Hall–Kier alpha value is -3.14. The maximum Gasteiger partial charge on any atom is 0.316 e. The molecule has 1 atom stereocenters. The van der Waals surface area contributed by atoms with Gasteiger partial charge in [0.1, 0.15) is 5.01 Å². The molecule has 1 saturated heterocycles. The summed E-state index contributed by atoms with van der Waals surface area (Å²) in [6, 6.07) is 5.72. The molecule has 10 heteroatoms. The molecule has 1 aliphatic heterocycles. The van der Waals surface area contributed by atoms with E-state index in [0.29, 0.717) is 35.8 Å². The van der Waals surface area contributed by atoms with E-state index in [9.17, 15) is 14.4 Å². The third-order valence-corrected chi connectivity index (χ3v) is 5.98. The van der Waals surface area contributed by atoms with Gasteiger partial charge in [-0.2, -0.15) is 0 Å². The summed E-state index contributed by atoms with van der Waals surface area (Å²) in [4.78, 5) is 41.8. The van der Waals surface area contributed by atoms with E-state index in [1.54, 1.807) is 12.1 Å². The second-order valence-electron chi connectivity index (χ2n) is 6.32. The first-order valence-corrected chi connectivity index (χ1v) is 9.09. The lowest BCUT2D eigenvalue weighted by atomic mass is 9.96. The van der Waals surface area contributed by atoms with Crippen LogP contribution >= 0.6 is 11.3 Å². The number of thiazole rings is 1. The molecule has 5 amide bonds. The van der Waals surface area contributed by atoms with Gasteiger partial charge in [-0.05, 0) is 37.5 Å². The number of hydrogen-bond donors (Lipinski definition) is 4. The lowest BCUT2D eigenvalue weighted by Crippen LogP contribution is -2.55. The van der Waals surface area contributed by atoms with Crippen molar-refractivity contribution in [1.82, 2.24) is 9.88 Å². The Kier molecular flexibility index (Phi) is 4.75. The molecule has 0 spiro atoms. The van der Waals surface area contributed by atoms with Crippen LogP contribution in [0.4, 0.5) is 15.3 Å². The molecule has 1 aromatic heterocycles. The largest absolute Gasteiger partial charge is 0.367 e. The third kappa shape index (κ3) is 3.19. The first kappa shape index (κ1) is 18.6. The molecule has 0 saturated carbocycles. The Bertz CT molecular complexity index is 910. The van der Waals surface area contributed by atoms with E-state index in [2.05, 4.69) is 10.3 Å². The fourth-order valence-electron chi connectivity index (χ4n) is 3.39. The number of nitrogens with zero attached hydrogens (tertiary/aromatic N) is 2. The number of carbonyl (C=O) groups excluding carboxylic acids is 3. The molecule has 3 rings (SSSR count). The number of benzene rings is 1. The topological polar surface area (TPSA) is 157 Å². The first-order chi connectivity index (χ1) is 12.8. The van der Waals surface area contributed by atoms with Crippen LogP contribution in [0, 0.1) is 6.92 Å². The number of aromatic nitrogens is 1. The Labute approximate surface area is 159 Å². The Morgan fingerprint density at radius 2 is 1.85 bits per heavy atom. The summed E-state index contributed by atoms with van der Waals surface area (Å²) >= 11 is 1.30. The van der Waals surface area contributed by atoms with Crippen molar-refractivity contribution < 1.29 is 14.4 Å². The third-order valence-electron chi connectivity index (χ3n) is 4.62. The normalized spacial score (nSPS) is 19.1. The molecular weight excluding hydrogens is 368 g/mol. The second kappa shape index (κ2) is 6.88. The maximum atomic E-state index is 12.3. The number of rotatable bonds is 4. The standard InChI is InChI=1S/C17H20N6O3S/c1-9-12(10-3-5-11(6-4-10)22-15(19)25)27-14(21-9)17(13(18)24)7-2-8-23(17)16(20)26/h3-6H,2,7-8H2,1H3,(H2,18,24)(H2,20,26)(H3,19,22,25). The summed E-state index contributed by atoms with van der Waals surface area (Å²) in [6.45, 7) is 2.18. The highest BCUT2D eigenvalue weighted by molar-refractivity contribution is 7.15. The van der Waals surface area contributed by atoms with Gasteiger partial charge in [-0.15, -0.1) is 11.3 Å². The van der Waals surface area contributed by atoms with Crippen LogP contribution in [0.2, 0.25) is 0 Å². The molecule has 1 aromatic carbocycles. The molecule has 2 heterocycles. The number of carbonyl (C=O) groups is 3. The lowest BCUT2D eigenvalue weighted by Gasteiger charge is -2.32. The zero-order valence-corrected chi connectivity index (χ0v) is 15.5. The van der Waals surface area contributed by atoms with Crippen LogP contribution in [0.15, 0.2) is 24.3 Å². The van der Waals surface area contributed by atoms with Crippen molar-refractivity contribution in [2.24, 2.45) is 17.2 Å². The zero-order chi connectivity index (χ0) is 19.8. The van der Waals surface area contributed by atoms with Gasteiger partial charge in [0.15, 0.2) is 5.54 Å². The highest BCUT2D eigenvalue weighted by Gasteiger charge is 2.52. The number of amides is 5. The van der Waals surface area contributed by atoms with Crippen LogP contribution in [-0.4, -0.2) is 34.4 Å². The van der Waals surface area contributed by atoms with Crippen molar-refractivity contribution in [3.8, 4) is 10.4 Å². The van der Waals surface area contributed by atoms with Crippen molar-refractivity contribution in [3.05, 3.63) is 35.0 Å². The number of primary amides is 3. The lowest BCUT2D eigenvalue weighted by molar-refractivity contribution is -0.127. The van der Waals surface area contributed by atoms with Crippen molar-refractivity contribution in [2.75, 3.05) is 11.9 Å². The summed E-state index contributed by atoms with van der Waals surface area (Å²) in [7, 11) is 0. The summed E-state index contributed by atoms with van der Waals surface area (Å²) in [5, 5.41) is 2.95. The van der Waals surface area contributed by atoms with E-state index >= 15 is 0 Å². The van der Waals surface area contributed by atoms with Gasteiger partial charge in [0, 0.05) is 12.2 Å². The van der Waals surface area contributed by atoms with Crippen LogP contribution in [-0.2, 0) is 10.3 Å². The van der Waals surface area contributed by atoms with Crippen LogP contribution in [0.5, 0.6) is 0 Å². The predicted octanol–water partition coefficient (Wildman–Crippen LogP) is 1.46. The zero-order valence-electron chi connectivity index (χ0n) is 14.7. The minimum Gasteiger partial charge on any atom is -0.367 e. The van der Waals surface area contributed by atoms with Crippen LogP contribution in [0.1, 0.15) is 23.5 Å². The van der Waals surface area contributed by atoms with Crippen molar-refractivity contribution in [2.45, 2.75) is 25.3 Å². The van der Waals surface area contributed by atoms with Crippen LogP contribution in [0.3, 0.4) is 0 Å². The SMILES string of the molecule is Cc1nc(C2(C(N)=O)CCCN2C(N)=O)sc1-c1ccc(NC(N)=O)cc1. The maximum absolute atomic E-state index is 12.3. The van der Waals surface area contributed by atoms with E-state index < -0.39 is 23.5 Å². The van der Waals surface area contributed by atoms with Gasteiger partial charge < -0.3 is 27.4 Å². The summed E-state index contributed by atoms with van der Waals surface area (Å²) < 4.78 is 0. The van der Waals surface area contributed by atoms with Gasteiger partial charge in [-0.3, -0.25) is 4.79 Å². The number of likely N-dealkylation sites (tertiary alicyclic amines) is 1. The van der Waals surface area contributed by atoms with E-state index in [-0.39, 0.29) is 0 Å². The smallest absolute Gasteiger partial charge is 0.316 e. The van der Waals surface area contributed by atoms with E-state index in [4.69, 9.17) is 17.2 Å². The summed E-state index contributed by atoms with van der Waals surface area (Å²) in [5.41, 5.74) is 17.1. The number of urea groups is 2. The minimum atomic E-state index is -1.31. The summed E-state index contributed by atoms with van der Waals surface area (Å²) in [6.07, 6.45) is 1.01. The fraction of sp³-hybridized carbons (Fsp3) is 0.294. The van der Waals surface area contributed by atoms with E-state index in [1.165, 1.54) is 16.2 Å². The minimum absolute atomic E-state index is 0.361. The number of aryl methyl sites for hydroxylation is 1. The van der Waals surface area contributed by atoms with Gasteiger partial charge in [0.25, 0.3) is 5.91 Å². The van der Waals surface area contributed by atoms with Gasteiger partial charge in [-0.25, -0.2) is 14.6 Å². The molecule has 1 aliphatic rings. The van der Waals surface area contributed by atoms with Crippen molar-refractivity contribution in [3.63, 3.8) is 0 Å². The average Bonchev–Trinajstić information content (AvgIpc) is 3.19. The molecular formula is C17H20N6O3S. The molecule has 7 N–H and O–H groups in total. The Balaban J connectivity index is 2.01. The van der Waals surface area contributed by atoms with Crippen LogP contribution in [0.25, 0.3) is 10.4 Å². The van der Waals surface area contributed by atoms with Gasteiger partial charge in [-0.1, -0.05) is 12.1 Å². The van der Waals surface area contributed by atoms with Gasteiger partial charge >= 0.3 is 12.1 Å². The Morgan fingerprint density at radius 1 is 1.19 bits per heavy atom. The first-order valence-electron chi connectivity index (χ1n) is 8.27. The van der Waals surface area contributed by atoms with Gasteiger partial charge in [0.05, 0.1) is 10.6 Å². The molecule has 142 valence electrons. The predicted molar refractivity (Wildman–Crippen MR) is 102 cm³/mol. The summed E-state index contributed by atoms with van der Waals surface area (Å²) in [5.74, 6) is -0.639. The highest BCUT2D eigenvalue weighted by Crippen LogP contribution is 2.43. The molecule has 1 fully saturated rings. The van der Waals surface area contributed by atoms with Gasteiger partial charge in [0.2, 0.25) is 0 Å². The molecule has 1 unspecified atom stereocenters. The highest BCUT2D eigenvalue weighted by atomic mass is 32.1. The fourth-order valence-corrected chi connectivity index (χ4v) is 4.69. The monoisotopic (exact) mass is 388 g/mol.